The molecule has 0 fully saturated rings. The molecule has 2 aromatic rings. The Morgan fingerprint density at radius 3 is 2.62 bits per heavy atom. The summed E-state index contributed by atoms with van der Waals surface area (Å²) in [5.41, 5.74) is -0.946. The smallest absolute Gasteiger partial charge is 0.451 e. The molecule has 0 N–H and O–H groups in total. The van der Waals surface area contributed by atoms with Gasteiger partial charge in [0.05, 0.1) is 7.11 Å². The Balaban J connectivity index is 2.31. The lowest BCUT2D eigenvalue weighted by Crippen LogP contribution is -2.24. The Hall–Kier alpha value is -2.52. The summed E-state index contributed by atoms with van der Waals surface area (Å²) >= 11 is 0. The number of carbonyl (C=O) groups excluding carboxylic acids is 1. The van der Waals surface area contributed by atoms with Gasteiger partial charge in [0, 0.05) is 7.05 Å². The monoisotopic (exact) mass is 305 g/mol. The van der Waals surface area contributed by atoms with Gasteiger partial charge in [-0.05, 0) is 12.1 Å². The van der Waals surface area contributed by atoms with E-state index in [-0.39, 0.29) is 18.1 Å². The number of rotatable bonds is 3. The van der Waals surface area contributed by atoms with Gasteiger partial charge < -0.3 is 9.15 Å². The van der Waals surface area contributed by atoms with Gasteiger partial charge in [0.25, 0.3) is 0 Å². The van der Waals surface area contributed by atoms with Crippen molar-refractivity contribution in [1.82, 2.24) is 14.3 Å². The molecule has 0 aliphatic rings. The van der Waals surface area contributed by atoms with E-state index in [4.69, 9.17) is 4.42 Å². The predicted molar refractivity (Wildman–Crippen MR) is 61.6 cm³/mol. The Morgan fingerprint density at radius 2 is 2.10 bits per heavy atom. The normalized spacial score (nSPS) is 11.7. The summed E-state index contributed by atoms with van der Waals surface area (Å²) in [6.45, 7) is -0.334. The number of esters is 1. The topological polar surface area (TPSA) is 79.3 Å². The number of nitrogens with zero attached hydrogens (tertiary/aromatic N) is 3. The molecule has 2 aromatic heterocycles. The van der Waals surface area contributed by atoms with Crippen LogP contribution in [0, 0.1) is 0 Å². The van der Waals surface area contributed by atoms with E-state index in [9.17, 15) is 22.8 Å². The maximum absolute atomic E-state index is 12.6. The van der Waals surface area contributed by atoms with Gasteiger partial charge >= 0.3 is 17.8 Å². The molecule has 0 bridgehead atoms. The van der Waals surface area contributed by atoms with Crippen LogP contribution in [-0.2, 0) is 24.5 Å². The SMILES string of the molecule is COC(=O)c1ccc(Cn2nc(C(F)(F)F)n(C)c2=O)o1. The Morgan fingerprint density at radius 1 is 1.43 bits per heavy atom. The number of alkyl halides is 3. The van der Waals surface area contributed by atoms with Gasteiger partial charge in [-0.25, -0.2) is 14.3 Å². The highest BCUT2D eigenvalue weighted by molar-refractivity contribution is 5.86. The van der Waals surface area contributed by atoms with Gasteiger partial charge in [-0.1, -0.05) is 0 Å². The highest BCUT2D eigenvalue weighted by Gasteiger charge is 2.38. The molecular formula is C11H10F3N3O4. The van der Waals surface area contributed by atoms with Crippen LogP contribution in [0.3, 0.4) is 0 Å². The fraction of sp³-hybridized carbons (Fsp3) is 0.364. The molecule has 0 spiro atoms. The molecule has 0 saturated carbocycles. The van der Waals surface area contributed by atoms with Gasteiger partial charge in [-0.3, -0.25) is 4.57 Å². The minimum absolute atomic E-state index is 0.101. The molecule has 2 heterocycles. The van der Waals surface area contributed by atoms with Crippen molar-refractivity contribution in [1.29, 1.82) is 0 Å². The lowest BCUT2D eigenvalue weighted by molar-refractivity contribution is -0.147. The Kier molecular flexibility index (Phi) is 3.62. The first-order valence-corrected chi connectivity index (χ1v) is 5.62. The third-order valence-electron chi connectivity index (χ3n) is 2.65. The van der Waals surface area contributed by atoms with Crippen molar-refractivity contribution in [3.63, 3.8) is 0 Å². The first kappa shape index (κ1) is 14.9. The van der Waals surface area contributed by atoms with E-state index >= 15 is 0 Å². The standard InChI is InChI=1S/C11H10F3N3O4/c1-16-9(11(12,13)14)15-17(10(16)19)5-6-3-4-7(21-6)8(18)20-2/h3-4H,5H2,1-2H3. The van der Waals surface area contributed by atoms with Gasteiger partial charge in [0.2, 0.25) is 11.6 Å². The van der Waals surface area contributed by atoms with Gasteiger partial charge in [0.1, 0.15) is 12.3 Å². The molecule has 0 saturated heterocycles. The number of ether oxygens (including phenoxy) is 1. The van der Waals surface area contributed by atoms with Crippen LogP contribution >= 0.6 is 0 Å². The summed E-state index contributed by atoms with van der Waals surface area (Å²) < 4.78 is 48.3. The van der Waals surface area contributed by atoms with Crippen molar-refractivity contribution in [2.75, 3.05) is 7.11 Å². The molecule has 0 radical (unpaired) electrons. The van der Waals surface area contributed by atoms with Crippen molar-refractivity contribution in [2.24, 2.45) is 7.05 Å². The first-order valence-electron chi connectivity index (χ1n) is 5.62. The quantitative estimate of drug-likeness (QED) is 0.791. The summed E-state index contributed by atoms with van der Waals surface area (Å²) in [4.78, 5) is 22.9. The van der Waals surface area contributed by atoms with Crippen molar-refractivity contribution < 1.29 is 27.1 Å². The number of hydrogen-bond donors (Lipinski definition) is 0. The van der Waals surface area contributed by atoms with Crippen LogP contribution in [0.1, 0.15) is 22.1 Å². The predicted octanol–water partition coefficient (Wildman–Crippen LogP) is 1.03. The summed E-state index contributed by atoms with van der Waals surface area (Å²) in [6, 6.07) is 2.64. The zero-order chi connectivity index (χ0) is 15.8. The highest BCUT2D eigenvalue weighted by atomic mass is 19.4. The largest absolute Gasteiger partial charge is 0.463 e. The molecule has 7 nitrogen and oxygen atoms in total. The van der Waals surface area contributed by atoms with Crippen LogP contribution in [-0.4, -0.2) is 27.4 Å². The summed E-state index contributed by atoms with van der Waals surface area (Å²) in [6.07, 6.45) is -4.74. The molecule has 0 amide bonds. The lowest BCUT2D eigenvalue weighted by atomic mass is 10.4. The molecule has 0 unspecified atom stereocenters. The van der Waals surface area contributed by atoms with Gasteiger partial charge in [0.15, 0.2) is 0 Å². The molecule has 10 heteroatoms. The van der Waals surface area contributed by atoms with Gasteiger partial charge in [-0.15, -0.1) is 5.10 Å². The maximum Gasteiger partial charge on any atom is 0.451 e. The fourth-order valence-electron chi connectivity index (χ4n) is 1.66. The molecule has 2 rings (SSSR count). The molecular weight excluding hydrogens is 295 g/mol. The van der Waals surface area contributed by atoms with Crippen LogP contribution in [0.25, 0.3) is 0 Å². The Bertz CT molecular complexity index is 726. The number of halogens is 3. The lowest BCUT2D eigenvalue weighted by Gasteiger charge is -2.02. The maximum atomic E-state index is 12.6. The third-order valence-corrected chi connectivity index (χ3v) is 2.65. The zero-order valence-electron chi connectivity index (χ0n) is 11.0. The molecule has 0 atom stereocenters. The van der Waals surface area contributed by atoms with Crippen LogP contribution < -0.4 is 5.69 Å². The van der Waals surface area contributed by atoms with Crippen molar-refractivity contribution in [3.8, 4) is 0 Å². The second-order valence-corrected chi connectivity index (χ2v) is 4.08. The fourth-order valence-corrected chi connectivity index (χ4v) is 1.66. The average molecular weight is 305 g/mol. The zero-order valence-corrected chi connectivity index (χ0v) is 11.0. The van der Waals surface area contributed by atoms with E-state index in [2.05, 4.69) is 9.84 Å². The third kappa shape index (κ3) is 2.83. The van der Waals surface area contributed by atoms with E-state index in [0.717, 1.165) is 14.2 Å². The average Bonchev–Trinajstić information content (AvgIpc) is 2.97. The van der Waals surface area contributed by atoms with E-state index in [0.29, 0.717) is 9.25 Å². The molecule has 0 aromatic carbocycles. The highest BCUT2D eigenvalue weighted by Crippen LogP contribution is 2.26. The van der Waals surface area contributed by atoms with Crippen LogP contribution in [0.2, 0.25) is 0 Å². The number of methoxy groups -OCH3 is 1. The second-order valence-electron chi connectivity index (χ2n) is 4.08. The van der Waals surface area contributed by atoms with Crippen LogP contribution in [0.4, 0.5) is 13.2 Å². The number of furan rings is 1. The van der Waals surface area contributed by atoms with E-state index in [1.54, 1.807) is 0 Å². The number of carbonyl (C=O) groups is 1. The number of hydrogen-bond acceptors (Lipinski definition) is 5. The van der Waals surface area contributed by atoms with Gasteiger partial charge in [-0.2, -0.15) is 13.2 Å². The van der Waals surface area contributed by atoms with Crippen molar-refractivity contribution in [2.45, 2.75) is 12.7 Å². The minimum Gasteiger partial charge on any atom is -0.463 e. The summed E-state index contributed by atoms with van der Waals surface area (Å²) in [5.74, 6) is -2.06. The van der Waals surface area contributed by atoms with E-state index < -0.39 is 23.7 Å². The van der Waals surface area contributed by atoms with E-state index in [1.807, 2.05) is 0 Å². The minimum atomic E-state index is -4.74. The van der Waals surface area contributed by atoms with Crippen LogP contribution in [0.5, 0.6) is 0 Å². The van der Waals surface area contributed by atoms with Crippen LogP contribution in [0.15, 0.2) is 21.3 Å². The Labute approximate surface area is 115 Å². The summed E-state index contributed by atoms with van der Waals surface area (Å²) in [7, 11) is 2.13. The molecule has 21 heavy (non-hydrogen) atoms. The van der Waals surface area contributed by atoms with Crippen molar-refractivity contribution in [3.05, 3.63) is 40.0 Å². The second kappa shape index (κ2) is 5.11. The van der Waals surface area contributed by atoms with Crippen molar-refractivity contribution >= 4 is 5.97 Å². The van der Waals surface area contributed by atoms with E-state index in [1.165, 1.54) is 12.1 Å². The number of aromatic nitrogens is 3. The molecule has 0 aliphatic heterocycles. The molecule has 0 aliphatic carbocycles. The first-order chi connectivity index (χ1) is 9.74. The molecule has 114 valence electrons. The summed E-state index contributed by atoms with van der Waals surface area (Å²) in [5, 5.41) is 3.22.